The van der Waals surface area contributed by atoms with Gasteiger partial charge < -0.3 is 9.88 Å². The first-order valence-electron chi connectivity index (χ1n) is 8.41. The van der Waals surface area contributed by atoms with Crippen molar-refractivity contribution in [3.8, 4) is 0 Å². The average Bonchev–Trinajstić information content (AvgIpc) is 3.31. The first-order chi connectivity index (χ1) is 11.8. The molecular formula is C19H21N3OS. The number of rotatable bonds is 4. The van der Waals surface area contributed by atoms with E-state index < -0.39 is 0 Å². The summed E-state index contributed by atoms with van der Waals surface area (Å²) >= 11 is 1.82. The minimum atomic E-state index is 0.140. The summed E-state index contributed by atoms with van der Waals surface area (Å²) in [6.45, 7) is 4.60. The van der Waals surface area contributed by atoms with Crippen molar-refractivity contribution in [3.63, 3.8) is 0 Å². The van der Waals surface area contributed by atoms with E-state index in [2.05, 4.69) is 27.4 Å². The number of para-hydroxylation sites is 1. The Labute approximate surface area is 145 Å². The van der Waals surface area contributed by atoms with Gasteiger partial charge in [-0.1, -0.05) is 18.2 Å². The molecule has 3 heterocycles. The monoisotopic (exact) mass is 339 g/mol. The highest BCUT2D eigenvalue weighted by atomic mass is 32.1. The standard InChI is InChI=1S/C19H21N3OS/c23-19(17-5-1-3-15-6-8-20-18(15)17)22-12-10-21(11-13-22)9-7-16-4-2-14-24-16/h1-6,8,14,20H,7,9-13H2. The fraction of sp³-hybridized carbons (Fsp3) is 0.316. The van der Waals surface area contributed by atoms with Crippen LogP contribution in [0.5, 0.6) is 0 Å². The zero-order valence-corrected chi connectivity index (χ0v) is 14.4. The molecule has 0 aliphatic carbocycles. The highest BCUT2D eigenvalue weighted by Gasteiger charge is 2.23. The summed E-state index contributed by atoms with van der Waals surface area (Å²) in [5.74, 6) is 0.140. The largest absolute Gasteiger partial charge is 0.361 e. The van der Waals surface area contributed by atoms with Gasteiger partial charge in [0.15, 0.2) is 0 Å². The average molecular weight is 339 g/mol. The van der Waals surface area contributed by atoms with Crippen LogP contribution in [0.15, 0.2) is 48.0 Å². The van der Waals surface area contributed by atoms with Crippen LogP contribution in [-0.2, 0) is 6.42 Å². The molecule has 1 aliphatic heterocycles. The van der Waals surface area contributed by atoms with Gasteiger partial charge in [-0.2, -0.15) is 0 Å². The van der Waals surface area contributed by atoms with Crippen molar-refractivity contribution in [3.05, 3.63) is 58.4 Å². The number of fused-ring (bicyclic) bond motifs is 1. The number of amides is 1. The minimum absolute atomic E-state index is 0.140. The van der Waals surface area contributed by atoms with Gasteiger partial charge in [0.1, 0.15) is 0 Å². The molecule has 1 saturated heterocycles. The Bertz CT molecular complexity index is 816. The molecule has 2 aromatic heterocycles. The molecule has 1 amide bonds. The predicted octanol–water partition coefficient (Wildman–Crippen LogP) is 3.23. The van der Waals surface area contributed by atoms with E-state index in [1.54, 1.807) is 0 Å². The number of nitrogens with one attached hydrogen (secondary N) is 1. The quantitative estimate of drug-likeness (QED) is 0.793. The van der Waals surface area contributed by atoms with Crippen molar-refractivity contribution >= 4 is 28.1 Å². The number of carbonyl (C=O) groups is 1. The van der Waals surface area contributed by atoms with Crippen LogP contribution in [-0.4, -0.2) is 53.4 Å². The number of hydrogen-bond acceptors (Lipinski definition) is 3. The molecule has 1 aromatic carbocycles. The van der Waals surface area contributed by atoms with Gasteiger partial charge in [0.05, 0.1) is 11.1 Å². The first kappa shape index (κ1) is 15.4. The van der Waals surface area contributed by atoms with Crippen LogP contribution in [0, 0.1) is 0 Å². The third kappa shape index (κ3) is 3.09. The zero-order valence-electron chi connectivity index (χ0n) is 13.6. The van der Waals surface area contributed by atoms with Crippen molar-refractivity contribution in [2.45, 2.75) is 6.42 Å². The lowest BCUT2D eigenvalue weighted by Crippen LogP contribution is -2.49. The molecule has 0 saturated carbocycles. The number of hydrogen-bond donors (Lipinski definition) is 1. The molecule has 1 fully saturated rings. The van der Waals surface area contributed by atoms with Gasteiger partial charge in [0.2, 0.25) is 0 Å². The highest BCUT2D eigenvalue weighted by Crippen LogP contribution is 2.19. The van der Waals surface area contributed by atoms with Gasteiger partial charge >= 0.3 is 0 Å². The van der Waals surface area contributed by atoms with Crippen molar-refractivity contribution in [2.75, 3.05) is 32.7 Å². The fourth-order valence-electron chi connectivity index (χ4n) is 3.33. The Balaban J connectivity index is 1.37. The number of piperazine rings is 1. The normalized spacial score (nSPS) is 15.9. The van der Waals surface area contributed by atoms with Crippen LogP contribution < -0.4 is 0 Å². The second kappa shape index (κ2) is 6.79. The van der Waals surface area contributed by atoms with E-state index in [1.807, 2.05) is 46.7 Å². The molecular weight excluding hydrogens is 318 g/mol. The van der Waals surface area contributed by atoms with E-state index in [0.29, 0.717) is 0 Å². The second-order valence-corrected chi connectivity index (χ2v) is 7.24. The summed E-state index contributed by atoms with van der Waals surface area (Å²) in [6, 6.07) is 12.2. The van der Waals surface area contributed by atoms with E-state index in [-0.39, 0.29) is 5.91 Å². The SMILES string of the molecule is O=C(c1cccc2cc[nH]c12)N1CCN(CCc2cccs2)CC1. The minimum Gasteiger partial charge on any atom is -0.361 e. The second-order valence-electron chi connectivity index (χ2n) is 6.21. The third-order valence-electron chi connectivity index (χ3n) is 4.73. The summed E-state index contributed by atoms with van der Waals surface area (Å²) < 4.78 is 0. The van der Waals surface area contributed by atoms with Crippen molar-refractivity contribution in [1.29, 1.82) is 0 Å². The number of benzene rings is 1. The fourth-order valence-corrected chi connectivity index (χ4v) is 4.03. The van der Waals surface area contributed by atoms with Crippen LogP contribution in [0.3, 0.4) is 0 Å². The maximum absolute atomic E-state index is 12.9. The first-order valence-corrected chi connectivity index (χ1v) is 9.29. The van der Waals surface area contributed by atoms with E-state index in [1.165, 1.54) is 4.88 Å². The molecule has 4 rings (SSSR count). The van der Waals surface area contributed by atoms with E-state index in [9.17, 15) is 4.79 Å². The maximum atomic E-state index is 12.9. The highest BCUT2D eigenvalue weighted by molar-refractivity contribution is 7.09. The van der Waals surface area contributed by atoms with Crippen LogP contribution in [0.1, 0.15) is 15.2 Å². The Morgan fingerprint density at radius 2 is 1.96 bits per heavy atom. The van der Waals surface area contributed by atoms with Crippen molar-refractivity contribution in [1.82, 2.24) is 14.8 Å². The molecule has 24 heavy (non-hydrogen) atoms. The molecule has 124 valence electrons. The number of aromatic nitrogens is 1. The van der Waals surface area contributed by atoms with E-state index >= 15 is 0 Å². The summed E-state index contributed by atoms with van der Waals surface area (Å²) in [5.41, 5.74) is 1.73. The van der Waals surface area contributed by atoms with Crippen molar-refractivity contribution in [2.24, 2.45) is 0 Å². The Kier molecular flexibility index (Phi) is 4.36. The lowest BCUT2D eigenvalue weighted by Gasteiger charge is -2.34. The maximum Gasteiger partial charge on any atom is 0.256 e. The number of H-pyrrole nitrogens is 1. The molecule has 4 nitrogen and oxygen atoms in total. The van der Waals surface area contributed by atoms with Crippen LogP contribution in [0.4, 0.5) is 0 Å². The predicted molar refractivity (Wildman–Crippen MR) is 98.7 cm³/mol. The van der Waals surface area contributed by atoms with Gasteiger partial charge in [0.25, 0.3) is 5.91 Å². The molecule has 0 unspecified atom stereocenters. The number of aromatic amines is 1. The van der Waals surface area contributed by atoms with Gasteiger partial charge in [-0.15, -0.1) is 11.3 Å². The van der Waals surface area contributed by atoms with Gasteiger partial charge in [-0.25, -0.2) is 0 Å². The molecule has 1 aliphatic rings. The Morgan fingerprint density at radius 1 is 1.08 bits per heavy atom. The summed E-state index contributed by atoms with van der Waals surface area (Å²) in [5, 5.41) is 3.23. The number of thiophene rings is 1. The molecule has 5 heteroatoms. The molecule has 1 N–H and O–H groups in total. The topological polar surface area (TPSA) is 39.3 Å². The van der Waals surface area contributed by atoms with Crippen LogP contribution >= 0.6 is 11.3 Å². The Hall–Kier alpha value is -2.11. The molecule has 3 aromatic rings. The molecule has 0 atom stereocenters. The van der Waals surface area contributed by atoms with E-state index in [0.717, 1.165) is 55.6 Å². The number of carbonyl (C=O) groups excluding carboxylic acids is 1. The smallest absolute Gasteiger partial charge is 0.256 e. The van der Waals surface area contributed by atoms with Crippen LogP contribution in [0.25, 0.3) is 10.9 Å². The van der Waals surface area contributed by atoms with E-state index in [4.69, 9.17) is 0 Å². The summed E-state index contributed by atoms with van der Waals surface area (Å²) in [4.78, 5) is 21.9. The summed E-state index contributed by atoms with van der Waals surface area (Å²) in [7, 11) is 0. The molecule has 0 bridgehead atoms. The lowest BCUT2D eigenvalue weighted by molar-refractivity contribution is 0.0640. The number of nitrogens with zero attached hydrogens (tertiary/aromatic N) is 2. The van der Waals surface area contributed by atoms with Gasteiger partial charge in [-0.05, 0) is 30.0 Å². The van der Waals surface area contributed by atoms with Gasteiger partial charge in [0, 0.05) is 49.2 Å². The zero-order chi connectivity index (χ0) is 16.4. The Morgan fingerprint density at radius 3 is 2.75 bits per heavy atom. The van der Waals surface area contributed by atoms with Crippen molar-refractivity contribution < 1.29 is 4.79 Å². The van der Waals surface area contributed by atoms with Crippen LogP contribution in [0.2, 0.25) is 0 Å². The molecule has 0 radical (unpaired) electrons. The lowest BCUT2D eigenvalue weighted by atomic mass is 10.1. The third-order valence-corrected chi connectivity index (χ3v) is 5.67. The summed E-state index contributed by atoms with van der Waals surface area (Å²) in [6.07, 6.45) is 3.00. The van der Waals surface area contributed by atoms with Gasteiger partial charge in [-0.3, -0.25) is 9.69 Å². The molecule has 0 spiro atoms.